The van der Waals surface area contributed by atoms with Crippen molar-refractivity contribution < 1.29 is 13.5 Å². The highest BCUT2D eigenvalue weighted by molar-refractivity contribution is 5.25. The van der Waals surface area contributed by atoms with Crippen LogP contribution in [0.2, 0.25) is 0 Å². The molecule has 0 radical (unpaired) electrons. The fourth-order valence-corrected chi connectivity index (χ4v) is 1.74. The summed E-state index contributed by atoms with van der Waals surface area (Å²) < 4.78 is 31.9. The summed E-state index contributed by atoms with van der Waals surface area (Å²) in [4.78, 5) is 0. The van der Waals surface area contributed by atoms with Gasteiger partial charge in [-0.2, -0.15) is 0 Å². The molecule has 96 valence electrons. The molecule has 3 heteroatoms. The van der Waals surface area contributed by atoms with Gasteiger partial charge in [-0.25, -0.2) is 8.78 Å². The van der Waals surface area contributed by atoms with Crippen molar-refractivity contribution in [3.63, 3.8) is 0 Å². The van der Waals surface area contributed by atoms with E-state index >= 15 is 0 Å². The Morgan fingerprint density at radius 1 is 1.12 bits per heavy atom. The van der Waals surface area contributed by atoms with Gasteiger partial charge in [-0.05, 0) is 37.8 Å². The van der Waals surface area contributed by atoms with Crippen molar-refractivity contribution in [2.75, 3.05) is 0 Å². The van der Waals surface area contributed by atoms with Gasteiger partial charge in [0.05, 0.1) is 0 Å². The Morgan fingerprint density at radius 3 is 2.18 bits per heavy atom. The lowest BCUT2D eigenvalue weighted by atomic mass is 9.83. The van der Waals surface area contributed by atoms with Crippen molar-refractivity contribution in [2.45, 2.75) is 40.2 Å². The molecule has 1 aromatic rings. The molecule has 0 aliphatic carbocycles. The van der Waals surface area contributed by atoms with E-state index in [9.17, 15) is 8.78 Å². The molecule has 0 bridgehead atoms. The number of benzene rings is 1. The minimum Gasteiger partial charge on any atom is -0.485 e. The molecule has 0 aliphatic rings. The molecule has 17 heavy (non-hydrogen) atoms. The highest BCUT2D eigenvalue weighted by Crippen LogP contribution is 2.31. The van der Waals surface area contributed by atoms with Crippen LogP contribution in [0.4, 0.5) is 8.78 Å². The van der Waals surface area contributed by atoms with Gasteiger partial charge in [-0.15, -0.1) is 0 Å². The second-order valence-corrected chi connectivity index (χ2v) is 5.31. The first-order valence-corrected chi connectivity index (χ1v) is 5.88. The summed E-state index contributed by atoms with van der Waals surface area (Å²) in [6, 6.07) is 3.37. The van der Waals surface area contributed by atoms with Gasteiger partial charge in [0, 0.05) is 6.07 Å². The van der Waals surface area contributed by atoms with Gasteiger partial charge in [0.25, 0.3) is 0 Å². The van der Waals surface area contributed by atoms with Gasteiger partial charge in [-0.3, -0.25) is 0 Å². The third-order valence-electron chi connectivity index (χ3n) is 3.36. The summed E-state index contributed by atoms with van der Waals surface area (Å²) in [7, 11) is 0. The normalized spacial score (nSPS) is 13.9. The quantitative estimate of drug-likeness (QED) is 0.759. The molecule has 0 aromatic heterocycles. The second kappa shape index (κ2) is 5.03. The average Bonchev–Trinajstić information content (AvgIpc) is 2.21. The molecule has 0 amide bonds. The highest BCUT2D eigenvalue weighted by Gasteiger charge is 2.31. The average molecular weight is 242 g/mol. The van der Waals surface area contributed by atoms with E-state index in [1.165, 1.54) is 12.1 Å². The number of hydrogen-bond acceptors (Lipinski definition) is 1. The summed E-state index contributed by atoms with van der Waals surface area (Å²) in [6.07, 6.45) is 0. The largest absolute Gasteiger partial charge is 0.485 e. The van der Waals surface area contributed by atoms with Crippen molar-refractivity contribution in [3.05, 3.63) is 29.8 Å². The van der Waals surface area contributed by atoms with Gasteiger partial charge in [0.15, 0.2) is 11.6 Å². The van der Waals surface area contributed by atoms with Gasteiger partial charge >= 0.3 is 0 Å². The Morgan fingerprint density at radius 2 is 1.71 bits per heavy atom. The molecule has 1 aromatic carbocycles. The van der Waals surface area contributed by atoms with Crippen LogP contribution in [-0.4, -0.2) is 5.60 Å². The molecule has 0 N–H and O–H groups in total. The van der Waals surface area contributed by atoms with Crippen molar-refractivity contribution >= 4 is 0 Å². The lowest BCUT2D eigenvalue weighted by Gasteiger charge is -2.35. The van der Waals surface area contributed by atoms with Crippen LogP contribution in [0.3, 0.4) is 0 Å². The van der Waals surface area contributed by atoms with E-state index in [0.717, 1.165) is 6.07 Å². The Hall–Kier alpha value is -1.12. The maximum Gasteiger partial charge on any atom is 0.168 e. The molecule has 1 unspecified atom stereocenters. The third kappa shape index (κ3) is 3.42. The van der Waals surface area contributed by atoms with Crippen LogP contribution < -0.4 is 4.74 Å². The molecular formula is C14H20F2O. The molecule has 0 heterocycles. The Kier molecular flexibility index (Phi) is 4.12. The van der Waals surface area contributed by atoms with Crippen LogP contribution in [-0.2, 0) is 0 Å². The predicted octanol–water partition coefficient (Wildman–Crippen LogP) is 4.41. The molecule has 0 spiro atoms. The Balaban J connectivity index is 2.90. The van der Waals surface area contributed by atoms with Gasteiger partial charge in [-0.1, -0.05) is 20.8 Å². The first-order chi connectivity index (χ1) is 7.74. The van der Waals surface area contributed by atoms with E-state index in [-0.39, 0.29) is 11.7 Å². The van der Waals surface area contributed by atoms with Crippen LogP contribution in [0.15, 0.2) is 18.2 Å². The molecule has 0 saturated heterocycles. The molecule has 0 fully saturated rings. The van der Waals surface area contributed by atoms with E-state index in [1.54, 1.807) is 0 Å². The fourth-order valence-electron chi connectivity index (χ4n) is 1.74. The highest BCUT2D eigenvalue weighted by atomic mass is 19.1. The van der Waals surface area contributed by atoms with E-state index in [4.69, 9.17) is 4.74 Å². The fraction of sp³-hybridized carbons (Fsp3) is 0.571. The Bertz CT molecular complexity index is 386. The van der Waals surface area contributed by atoms with E-state index in [0.29, 0.717) is 5.92 Å². The first-order valence-electron chi connectivity index (χ1n) is 5.88. The van der Waals surface area contributed by atoms with Crippen LogP contribution in [0, 0.1) is 23.5 Å². The van der Waals surface area contributed by atoms with E-state index < -0.39 is 17.2 Å². The van der Waals surface area contributed by atoms with Gasteiger partial charge in [0.2, 0.25) is 0 Å². The lowest BCUT2D eigenvalue weighted by molar-refractivity contribution is 0.0268. The van der Waals surface area contributed by atoms with Crippen LogP contribution in [0.1, 0.15) is 34.6 Å². The third-order valence-corrected chi connectivity index (χ3v) is 3.36. The lowest BCUT2D eigenvalue weighted by Crippen LogP contribution is -2.39. The topological polar surface area (TPSA) is 9.23 Å². The van der Waals surface area contributed by atoms with Crippen molar-refractivity contribution in [1.82, 2.24) is 0 Å². The van der Waals surface area contributed by atoms with Crippen molar-refractivity contribution in [2.24, 2.45) is 11.8 Å². The van der Waals surface area contributed by atoms with Crippen LogP contribution in [0.25, 0.3) is 0 Å². The molecule has 1 atom stereocenters. The molecular weight excluding hydrogens is 222 g/mol. The minimum absolute atomic E-state index is 0.101. The van der Waals surface area contributed by atoms with Gasteiger partial charge < -0.3 is 4.74 Å². The monoisotopic (exact) mass is 242 g/mol. The summed E-state index contributed by atoms with van der Waals surface area (Å²) >= 11 is 0. The molecule has 0 saturated carbocycles. The smallest absolute Gasteiger partial charge is 0.168 e. The summed E-state index contributed by atoms with van der Waals surface area (Å²) in [5.41, 5.74) is -0.493. The minimum atomic E-state index is -0.658. The number of ether oxygens (including phenoxy) is 1. The zero-order valence-electron chi connectivity index (χ0n) is 11.1. The SMILES string of the molecule is CC(C)C(C)C(C)(C)Oc1ccc(F)cc1F. The first kappa shape index (κ1) is 13.9. The molecule has 0 aliphatic heterocycles. The maximum atomic E-state index is 13.5. The van der Waals surface area contributed by atoms with Gasteiger partial charge in [0.1, 0.15) is 11.4 Å². The number of rotatable bonds is 4. The summed E-state index contributed by atoms with van der Waals surface area (Å²) in [5, 5.41) is 0. The van der Waals surface area contributed by atoms with E-state index in [1.807, 2.05) is 13.8 Å². The van der Waals surface area contributed by atoms with E-state index in [2.05, 4.69) is 20.8 Å². The van der Waals surface area contributed by atoms with Crippen LogP contribution >= 0.6 is 0 Å². The van der Waals surface area contributed by atoms with Crippen molar-refractivity contribution in [1.29, 1.82) is 0 Å². The van der Waals surface area contributed by atoms with Crippen molar-refractivity contribution in [3.8, 4) is 5.75 Å². The standard InChI is InChI=1S/C14H20F2O/c1-9(2)10(3)14(4,5)17-13-7-6-11(15)8-12(13)16/h6-10H,1-5H3. The number of hydrogen-bond donors (Lipinski definition) is 0. The zero-order valence-corrected chi connectivity index (χ0v) is 11.1. The summed E-state index contributed by atoms with van der Waals surface area (Å²) in [5.74, 6) is -0.469. The molecule has 1 rings (SSSR count). The predicted molar refractivity (Wildman–Crippen MR) is 65.1 cm³/mol. The second-order valence-electron chi connectivity index (χ2n) is 5.31. The maximum absolute atomic E-state index is 13.5. The molecule has 1 nitrogen and oxygen atoms in total. The Labute approximate surface area is 102 Å². The number of halogens is 2. The van der Waals surface area contributed by atoms with Crippen LogP contribution in [0.5, 0.6) is 5.75 Å². The zero-order chi connectivity index (χ0) is 13.2. The summed E-state index contributed by atoms with van der Waals surface area (Å²) in [6.45, 7) is 10.1.